The Morgan fingerprint density at radius 1 is 0.359 bits per heavy atom. The monoisotopic (exact) mass is 1520 g/mol. The summed E-state index contributed by atoms with van der Waals surface area (Å²) in [5.74, 6) is 4.19. The van der Waals surface area contributed by atoms with Gasteiger partial charge in [0.15, 0.2) is 9.84 Å². The van der Waals surface area contributed by atoms with Crippen LogP contribution in [0.1, 0.15) is 149 Å². The summed E-state index contributed by atoms with van der Waals surface area (Å²) in [5.41, 5.74) is 8.05. The van der Waals surface area contributed by atoms with Gasteiger partial charge in [0.1, 0.15) is 28.7 Å². The van der Waals surface area contributed by atoms with Crippen LogP contribution in [0.5, 0.6) is 34.5 Å². The fourth-order valence-electron chi connectivity index (χ4n) is 10.3. The van der Waals surface area contributed by atoms with Crippen molar-refractivity contribution in [1.82, 2.24) is 0 Å². The largest absolute Gasteiger partial charge is 1.00 e. The average molecular weight is 1530 g/mol. The number of sulfone groups is 2. The second-order valence-electron chi connectivity index (χ2n) is 23.5. The van der Waals surface area contributed by atoms with Crippen molar-refractivity contribution in [3.8, 4) is 34.5 Å². The molecule has 0 aliphatic rings. The molecule has 0 saturated carbocycles. The molecular weight excluding hydrogens is 1440 g/mol. The van der Waals surface area contributed by atoms with Gasteiger partial charge in [-0.3, -0.25) is 0 Å². The molecule has 8 aromatic carbocycles. The molecule has 8 aromatic rings. The van der Waals surface area contributed by atoms with Crippen molar-refractivity contribution in [2.75, 3.05) is 35.5 Å². The van der Waals surface area contributed by atoms with Gasteiger partial charge in [0.05, 0.1) is 24.0 Å². The van der Waals surface area contributed by atoms with Crippen molar-refractivity contribution >= 4 is 83.4 Å². The first-order valence-electron chi connectivity index (χ1n) is 31.0. The quantitative estimate of drug-likeness (QED) is 0.0183. The van der Waals surface area contributed by atoms with Crippen LogP contribution in [-0.4, -0.2) is 52.4 Å². The molecule has 16 heteroatoms. The van der Waals surface area contributed by atoms with E-state index in [4.69, 9.17) is 18.9 Å². The van der Waals surface area contributed by atoms with E-state index in [1.54, 1.807) is 56.7 Å². The molecule has 0 N–H and O–H groups in total. The van der Waals surface area contributed by atoms with Gasteiger partial charge in [0, 0.05) is 37.9 Å². The molecule has 0 aromatic heterocycles. The van der Waals surface area contributed by atoms with E-state index < -0.39 is 19.7 Å². The number of ether oxygens (including phenoxy) is 4. The van der Waals surface area contributed by atoms with Gasteiger partial charge in [-0.05, 0) is 174 Å². The van der Waals surface area contributed by atoms with Crippen molar-refractivity contribution in [3.63, 3.8) is 0 Å². The van der Waals surface area contributed by atoms with Crippen molar-refractivity contribution in [1.29, 1.82) is 0 Å². The molecule has 0 saturated heterocycles. The molecule has 0 bridgehead atoms. The molecule has 92 heavy (non-hydrogen) atoms. The molecule has 0 atom stereocenters. The zero-order chi connectivity index (χ0) is 65.2. The topological polar surface area (TPSA) is 105 Å². The minimum absolute atomic E-state index is 0. The van der Waals surface area contributed by atoms with Crippen LogP contribution in [0, 0.1) is 26.0 Å². The minimum Gasteiger partial charge on any atom is -0.517 e. The Kier molecular flexibility index (Phi) is 35.4. The summed E-state index contributed by atoms with van der Waals surface area (Å²) in [5, 5.41) is 4.31. The number of alkyl halides is 4. The molecule has 0 amide bonds. The van der Waals surface area contributed by atoms with Crippen LogP contribution in [0.2, 0.25) is 0 Å². The Morgan fingerprint density at radius 2 is 0.685 bits per heavy atom. The predicted octanol–water partition coefficient (Wildman–Crippen LogP) is 15.8. The normalized spacial score (nSPS) is 11.4. The molecule has 0 aliphatic heterocycles. The van der Waals surface area contributed by atoms with Crippen LogP contribution >= 0.6 is 63.7 Å². The number of aryl methyl sites for hydroxylation is 4. The first-order chi connectivity index (χ1) is 43.2. The second kappa shape index (κ2) is 40.5. The maximum atomic E-state index is 14.4. The van der Waals surface area contributed by atoms with Crippen molar-refractivity contribution in [3.05, 3.63) is 226 Å². The second-order valence-corrected chi connectivity index (χ2v) is 30.4. The number of hydrogen-bond donors (Lipinski definition) is 0. The van der Waals surface area contributed by atoms with Gasteiger partial charge in [-0.1, -0.05) is 203 Å². The van der Waals surface area contributed by atoms with Crippen LogP contribution in [-0.2, 0) is 43.3 Å². The molecule has 482 valence electrons. The van der Waals surface area contributed by atoms with E-state index in [0.29, 0.717) is 39.2 Å². The molecular formula is C76H88Br4Li2O8S2. The maximum absolute atomic E-state index is 14.4. The Labute approximate surface area is 609 Å². The smallest absolute Gasteiger partial charge is 0.517 e. The van der Waals surface area contributed by atoms with Gasteiger partial charge in [-0.25, -0.2) is 16.8 Å². The van der Waals surface area contributed by atoms with Crippen molar-refractivity contribution in [2.24, 2.45) is 0 Å². The third-order valence-corrected chi connectivity index (χ3v) is 21.9. The Morgan fingerprint density at radius 3 is 1.05 bits per heavy atom. The Bertz CT molecular complexity index is 3660. The predicted molar refractivity (Wildman–Crippen MR) is 385 cm³/mol. The summed E-state index contributed by atoms with van der Waals surface area (Å²) >= 11 is 13.8. The third kappa shape index (κ3) is 24.0. The minimum atomic E-state index is -3.73. The van der Waals surface area contributed by atoms with E-state index >= 15 is 0 Å². The molecule has 0 unspecified atom stereocenters. The number of hydrogen-bond acceptors (Lipinski definition) is 8. The van der Waals surface area contributed by atoms with Gasteiger partial charge < -0.3 is 18.9 Å². The fraction of sp³-hybridized carbons (Fsp3) is 0.368. The number of rotatable bonds is 31. The maximum Gasteiger partial charge on any atom is 1.00 e. The first kappa shape index (κ1) is 80.4. The van der Waals surface area contributed by atoms with Gasteiger partial charge in [-0.15, -0.1) is 18.2 Å². The van der Waals surface area contributed by atoms with Crippen LogP contribution in [0.25, 0.3) is 0 Å². The molecule has 0 heterocycles. The zero-order valence-corrected chi connectivity index (χ0v) is 63.5. The van der Waals surface area contributed by atoms with Gasteiger partial charge in [0.2, 0.25) is 9.84 Å². The summed E-state index contributed by atoms with van der Waals surface area (Å²) in [7, 11) is -4.07. The van der Waals surface area contributed by atoms with E-state index in [-0.39, 0.29) is 58.3 Å². The van der Waals surface area contributed by atoms with Crippen molar-refractivity contribution in [2.45, 2.75) is 162 Å². The van der Waals surface area contributed by atoms with Crippen LogP contribution < -0.4 is 56.7 Å². The van der Waals surface area contributed by atoms with Crippen LogP contribution in [0.3, 0.4) is 0 Å². The SMILES string of the molecule is BrCCCCCCBr.COc1ccc(C(C)(C)c2ccc(Oc3c[c-]c(S(=O)(=O)c4[c-]cc(C)cc4)cc3)cc2)cc1.COc1ccc(C(C)(C)c2ccc(Oc3ccc(S(=O)(=O)c4ccc(C)cc4CCCCCCBr)c(CCCCCCBr)c3)cc2)cc1.[Li+].[Li+]. The van der Waals surface area contributed by atoms with Crippen molar-refractivity contribution < 1.29 is 73.5 Å². The molecule has 0 fully saturated rings. The van der Waals surface area contributed by atoms with Gasteiger partial charge in [0.25, 0.3) is 0 Å². The Balaban J connectivity index is 0.000000357. The van der Waals surface area contributed by atoms with Gasteiger partial charge >= 0.3 is 37.7 Å². The Hall–Kier alpha value is -4.03. The molecule has 8 rings (SSSR count). The number of benzene rings is 8. The summed E-state index contributed by atoms with van der Waals surface area (Å²) < 4.78 is 77.1. The number of methoxy groups -OCH3 is 2. The summed E-state index contributed by atoms with van der Waals surface area (Å²) in [4.78, 5) is 1.02. The molecule has 0 spiro atoms. The number of halogens is 4. The van der Waals surface area contributed by atoms with E-state index in [0.717, 1.165) is 118 Å². The van der Waals surface area contributed by atoms with E-state index in [1.165, 1.54) is 54.5 Å². The summed E-state index contributed by atoms with van der Waals surface area (Å²) in [6.45, 7) is 12.7. The zero-order valence-electron chi connectivity index (χ0n) is 55.5. The third-order valence-electron chi connectivity index (χ3n) is 16.0. The van der Waals surface area contributed by atoms with Crippen LogP contribution in [0.4, 0.5) is 0 Å². The van der Waals surface area contributed by atoms with E-state index in [2.05, 4.69) is 140 Å². The first-order valence-corrected chi connectivity index (χ1v) is 38.5. The fourth-order valence-corrected chi connectivity index (χ4v) is 14.8. The summed E-state index contributed by atoms with van der Waals surface area (Å²) in [6.07, 6.45) is 15.4. The molecule has 0 aliphatic carbocycles. The summed E-state index contributed by atoms with van der Waals surface area (Å²) in [6, 6.07) is 58.9. The molecule has 0 radical (unpaired) electrons. The average Bonchev–Trinajstić information content (AvgIpc) is 0.828. The standard InChI is InChI=1S/C41H50Br2O4S.C29H26O4S.C6H12Br2.2Li/c1-31-15-25-39(32(29-31)13-9-5-7-11-27-42)48(44,45)40-26-24-38(30-33(40)14-10-6-8-12-28-43)47-37-22-18-35(19-23-37)41(2,3)34-16-20-36(46-4)21-17-34;1-21-5-17-27(18-6-21)34(30,31)28-19-15-26(16-20-28)33-25-13-9-23(10-14-25)29(2,3)22-7-11-24(32-4)12-8-22;7-5-3-1-2-4-6-8;;/h15-26,29-30H,5-14,27-28H2,1-4H3;5-17,19H,1-4H3;1-6H2;;/q;-2;;2*+1. The van der Waals surface area contributed by atoms with Gasteiger partial charge in [-0.2, -0.15) is 35.9 Å². The number of unbranched alkanes of at least 4 members (excludes halogenated alkanes) is 9. The van der Waals surface area contributed by atoms with E-state index in [1.807, 2.05) is 92.7 Å². The van der Waals surface area contributed by atoms with E-state index in [9.17, 15) is 16.8 Å². The van der Waals surface area contributed by atoms with Crippen LogP contribution in [0.15, 0.2) is 189 Å². The molecule has 8 nitrogen and oxygen atoms in total.